The maximum atomic E-state index is 12.7. The second-order valence-corrected chi connectivity index (χ2v) is 5.47. The fraction of sp³-hybridized carbons (Fsp3) is 0.467. The summed E-state index contributed by atoms with van der Waals surface area (Å²) in [7, 11) is 1.40. The van der Waals surface area contributed by atoms with Crippen molar-refractivity contribution in [2.24, 2.45) is 0 Å². The van der Waals surface area contributed by atoms with Gasteiger partial charge in [0, 0.05) is 5.56 Å². The molecule has 2 N–H and O–H groups in total. The lowest BCUT2D eigenvalue weighted by atomic mass is 9.61. The van der Waals surface area contributed by atoms with Crippen molar-refractivity contribution in [1.82, 2.24) is 0 Å². The molecule has 106 valence electrons. The Morgan fingerprint density at radius 2 is 1.65 bits per heavy atom. The van der Waals surface area contributed by atoms with E-state index in [9.17, 15) is 19.8 Å². The SMILES string of the molecule is COc1cccc2c1C(=O)[C@]1(O)CCCC[C@]1(O)C2=O. The van der Waals surface area contributed by atoms with Crippen molar-refractivity contribution >= 4 is 11.6 Å². The lowest BCUT2D eigenvalue weighted by molar-refractivity contribution is -0.123. The fourth-order valence-corrected chi connectivity index (χ4v) is 3.33. The zero-order chi connectivity index (χ0) is 14.5. The minimum atomic E-state index is -2.04. The molecule has 0 amide bonds. The third-order valence-electron chi connectivity index (χ3n) is 4.48. The van der Waals surface area contributed by atoms with Gasteiger partial charge in [0.2, 0.25) is 5.78 Å². The maximum Gasteiger partial charge on any atom is 0.202 e. The maximum absolute atomic E-state index is 12.7. The molecule has 0 heterocycles. The van der Waals surface area contributed by atoms with Gasteiger partial charge in [-0.3, -0.25) is 9.59 Å². The highest BCUT2D eigenvalue weighted by Gasteiger charge is 2.64. The second-order valence-electron chi connectivity index (χ2n) is 5.47. The Morgan fingerprint density at radius 1 is 1.05 bits per heavy atom. The lowest BCUT2D eigenvalue weighted by Crippen LogP contribution is -2.67. The van der Waals surface area contributed by atoms with Crippen LogP contribution in [0.15, 0.2) is 18.2 Å². The van der Waals surface area contributed by atoms with Gasteiger partial charge in [-0.05, 0) is 31.7 Å². The molecule has 20 heavy (non-hydrogen) atoms. The van der Waals surface area contributed by atoms with Crippen LogP contribution in [0, 0.1) is 0 Å². The number of carbonyl (C=O) groups excluding carboxylic acids is 2. The molecule has 2 aliphatic carbocycles. The average Bonchev–Trinajstić information content (AvgIpc) is 2.46. The molecule has 1 aromatic rings. The number of ether oxygens (including phenoxy) is 1. The molecule has 0 radical (unpaired) electrons. The number of fused-ring (bicyclic) bond motifs is 2. The summed E-state index contributed by atoms with van der Waals surface area (Å²) in [5.74, 6) is -0.957. The molecular weight excluding hydrogens is 260 g/mol. The monoisotopic (exact) mass is 276 g/mol. The molecule has 2 atom stereocenters. The number of hydrogen-bond donors (Lipinski definition) is 2. The van der Waals surface area contributed by atoms with E-state index >= 15 is 0 Å². The first kappa shape index (κ1) is 13.3. The van der Waals surface area contributed by atoms with Crippen LogP contribution in [0.3, 0.4) is 0 Å². The van der Waals surface area contributed by atoms with Crippen LogP contribution in [0.5, 0.6) is 5.75 Å². The largest absolute Gasteiger partial charge is 0.496 e. The molecule has 0 aliphatic heterocycles. The molecule has 0 aromatic heterocycles. The van der Waals surface area contributed by atoms with Gasteiger partial charge in [-0.2, -0.15) is 0 Å². The Balaban J connectivity index is 2.29. The van der Waals surface area contributed by atoms with Gasteiger partial charge in [0.05, 0.1) is 12.7 Å². The summed E-state index contributed by atoms with van der Waals surface area (Å²) in [6.45, 7) is 0. The summed E-state index contributed by atoms with van der Waals surface area (Å²) in [5, 5.41) is 21.3. The summed E-state index contributed by atoms with van der Waals surface area (Å²) in [5.41, 5.74) is -3.84. The minimum Gasteiger partial charge on any atom is -0.496 e. The van der Waals surface area contributed by atoms with E-state index in [0.29, 0.717) is 12.8 Å². The predicted octanol–water partition coefficient (Wildman–Crippen LogP) is 1.11. The number of rotatable bonds is 1. The van der Waals surface area contributed by atoms with Crippen molar-refractivity contribution in [2.45, 2.75) is 36.9 Å². The first-order valence-electron chi connectivity index (χ1n) is 6.67. The number of carbonyl (C=O) groups is 2. The number of aliphatic hydroxyl groups is 2. The van der Waals surface area contributed by atoms with E-state index in [0.717, 1.165) is 0 Å². The quantitative estimate of drug-likeness (QED) is 0.802. The summed E-state index contributed by atoms with van der Waals surface area (Å²) >= 11 is 0. The number of methoxy groups -OCH3 is 1. The molecule has 5 heteroatoms. The smallest absolute Gasteiger partial charge is 0.202 e. The molecule has 1 aromatic carbocycles. The number of benzene rings is 1. The Bertz CT molecular complexity index is 608. The van der Waals surface area contributed by atoms with Crippen molar-refractivity contribution in [3.05, 3.63) is 29.3 Å². The zero-order valence-electron chi connectivity index (χ0n) is 11.2. The number of Topliss-reactive ketones (excluding diaryl/α,β-unsaturated/α-hetero) is 2. The topological polar surface area (TPSA) is 83.8 Å². The van der Waals surface area contributed by atoms with E-state index in [1.807, 2.05) is 0 Å². The van der Waals surface area contributed by atoms with Gasteiger partial charge in [0.1, 0.15) is 5.75 Å². The van der Waals surface area contributed by atoms with Crippen molar-refractivity contribution in [3.8, 4) is 5.75 Å². The first-order chi connectivity index (χ1) is 9.45. The Kier molecular flexibility index (Phi) is 2.74. The third kappa shape index (κ3) is 1.39. The fourth-order valence-electron chi connectivity index (χ4n) is 3.33. The first-order valence-corrected chi connectivity index (χ1v) is 6.67. The highest BCUT2D eigenvalue weighted by molar-refractivity contribution is 6.23. The summed E-state index contributed by atoms with van der Waals surface area (Å²) in [6, 6.07) is 4.66. The van der Waals surface area contributed by atoms with Crippen LogP contribution in [0.4, 0.5) is 0 Å². The molecule has 5 nitrogen and oxygen atoms in total. The standard InChI is InChI=1S/C15H16O5/c1-20-10-6-4-5-9-11(10)13(17)15(19)8-3-2-7-14(15,18)12(9)16/h4-6,18-19H,2-3,7-8H2,1H3/t14-,15+/m0/s1. The predicted molar refractivity (Wildman–Crippen MR) is 70.0 cm³/mol. The van der Waals surface area contributed by atoms with E-state index < -0.39 is 22.8 Å². The lowest BCUT2D eigenvalue weighted by Gasteiger charge is -2.47. The zero-order valence-corrected chi connectivity index (χ0v) is 11.2. The molecule has 2 aliphatic rings. The van der Waals surface area contributed by atoms with Gasteiger partial charge in [0.15, 0.2) is 17.0 Å². The highest BCUT2D eigenvalue weighted by Crippen LogP contribution is 2.47. The van der Waals surface area contributed by atoms with Crippen LogP contribution in [-0.4, -0.2) is 40.1 Å². The molecule has 0 bridgehead atoms. The van der Waals surface area contributed by atoms with Crippen LogP contribution >= 0.6 is 0 Å². The molecule has 0 saturated heterocycles. The summed E-state index contributed by atoms with van der Waals surface area (Å²) in [4.78, 5) is 25.2. The molecule has 3 rings (SSSR count). The van der Waals surface area contributed by atoms with E-state index in [1.54, 1.807) is 12.1 Å². The normalized spacial score (nSPS) is 32.5. The van der Waals surface area contributed by atoms with E-state index in [-0.39, 0.29) is 29.7 Å². The van der Waals surface area contributed by atoms with Gasteiger partial charge in [-0.25, -0.2) is 0 Å². The van der Waals surface area contributed by atoms with E-state index in [2.05, 4.69) is 0 Å². The number of ketones is 2. The van der Waals surface area contributed by atoms with Gasteiger partial charge < -0.3 is 14.9 Å². The van der Waals surface area contributed by atoms with Crippen molar-refractivity contribution < 1.29 is 24.5 Å². The van der Waals surface area contributed by atoms with E-state index in [1.165, 1.54) is 13.2 Å². The molecule has 0 spiro atoms. The summed E-state index contributed by atoms with van der Waals surface area (Å²) in [6.07, 6.45) is 1.40. The average molecular weight is 276 g/mol. The number of hydrogen-bond acceptors (Lipinski definition) is 5. The molecule has 1 fully saturated rings. The molecular formula is C15H16O5. The van der Waals surface area contributed by atoms with Gasteiger partial charge in [0.25, 0.3) is 0 Å². The van der Waals surface area contributed by atoms with Crippen molar-refractivity contribution in [2.75, 3.05) is 7.11 Å². The van der Waals surface area contributed by atoms with E-state index in [4.69, 9.17) is 4.74 Å². The van der Waals surface area contributed by atoms with Crippen LogP contribution in [0.2, 0.25) is 0 Å². The summed E-state index contributed by atoms with van der Waals surface area (Å²) < 4.78 is 5.12. The van der Waals surface area contributed by atoms with Crippen LogP contribution in [0.25, 0.3) is 0 Å². The Morgan fingerprint density at radius 3 is 2.25 bits per heavy atom. The minimum absolute atomic E-state index is 0.0778. The molecule has 0 unspecified atom stereocenters. The molecule has 1 saturated carbocycles. The van der Waals surface area contributed by atoms with Crippen LogP contribution in [0.1, 0.15) is 46.4 Å². The third-order valence-corrected chi connectivity index (χ3v) is 4.48. The van der Waals surface area contributed by atoms with Gasteiger partial charge in [-0.1, -0.05) is 12.1 Å². The van der Waals surface area contributed by atoms with Crippen molar-refractivity contribution in [1.29, 1.82) is 0 Å². The van der Waals surface area contributed by atoms with Gasteiger partial charge >= 0.3 is 0 Å². The van der Waals surface area contributed by atoms with Gasteiger partial charge in [-0.15, -0.1) is 0 Å². The van der Waals surface area contributed by atoms with Crippen molar-refractivity contribution in [3.63, 3.8) is 0 Å². The Labute approximate surface area is 116 Å². The van der Waals surface area contributed by atoms with Crippen LogP contribution in [-0.2, 0) is 0 Å². The highest BCUT2D eigenvalue weighted by atomic mass is 16.5. The van der Waals surface area contributed by atoms with Crippen LogP contribution < -0.4 is 4.74 Å². The Hall–Kier alpha value is -1.72. The second kappa shape index (κ2) is 4.14.